The zero-order valence-corrected chi connectivity index (χ0v) is 17.4. The molecule has 0 N–H and O–H groups in total. The smallest absolute Gasteiger partial charge is 0.338 e. The minimum absolute atomic E-state index is 0.236. The molecule has 0 aliphatic rings. The topological polar surface area (TPSA) is 61.8 Å². The summed E-state index contributed by atoms with van der Waals surface area (Å²) in [6.07, 6.45) is -0.891. The van der Waals surface area contributed by atoms with Crippen LogP contribution < -0.4 is 9.47 Å². The maximum absolute atomic E-state index is 12.6. The lowest BCUT2D eigenvalue weighted by atomic mass is 10.0. The Morgan fingerprint density at radius 3 is 2.18 bits per heavy atom. The molecule has 0 saturated heterocycles. The van der Waals surface area contributed by atoms with E-state index in [1.54, 1.807) is 31.2 Å². The molecule has 2 aromatic rings. The van der Waals surface area contributed by atoms with E-state index in [2.05, 4.69) is 0 Å². The van der Waals surface area contributed by atoms with Crippen molar-refractivity contribution in [3.8, 4) is 11.5 Å². The van der Waals surface area contributed by atoms with Crippen LogP contribution in [0.4, 0.5) is 0 Å². The Labute approximate surface area is 166 Å². The van der Waals surface area contributed by atoms with Crippen LogP contribution >= 0.6 is 0 Å². The number of carbonyl (C=O) groups excluding carboxylic acids is 2. The quantitative estimate of drug-likeness (QED) is 0.484. The van der Waals surface area contributed by atoms with Crippen LogP contribution in [-0.4, -0.2) is 31.6 Å². The average Bonchev–Trinajstić information content (AvgIpc) is 2.67. The third kappa shape index (κ3) is 5.35. The molecule has 28 heavy (non-hydrogen) atoms. The normalized spacial score (nSPS) is 11.8. The second kappa shape index (κ2) is 9.40. The van der Waals surface area contributed by atoms with Crippen molar-refractivity contribution >= 4 is 11.8 Å². The van der Waals surface area contributed by atoms with Crippen LogP contribution in [0.25, 0.3) is 0 Å². The molecule has 1 atom stereocenters. The van der Waals surface area contributed by atoms with Crippen LogP contribution in [0.1, 0.15) is 52.6 Å². The Hall–Kier alpha value is -2.82. The zero-order valence-electron chi connectivity index (χ0n) is 17.4. The van der Waals surface area contributed by atoms with Crippen molar-refractivity contribution in [1.29, 1.82) is 0 Å². The summed E-state index contributed by atoms with van der Waals surface area (Å²) in [5.74, 6) is 0.556. The summed E-state index contributed by atoms with van der Waals surface area (Å²) in [6, 6.07) is 10.3. The first-order valence-corrected chi connectivity index (χ1v) is 9.36. The number of carbonyl (C=O) groups is 2. The van der Waals surface area contributed by atoms with E-state index in [0.29, 0.717) is 35.2 Å². The second-order valence-electron chi connectivity index (χ2n) is 7.28. The molecule has 0 aliphatic carbocycles. The number of Topliss-reactive ketones (excluding diaryl/α,β-unsaturated/α-hetero) is 1. The highest BCUT2D eigenvalue weighted by molar-refractivity contribution is 6.01. The lowest BCUT2D eigenvalue weighted by Gasteiger charge is -2.15. The van der Waals surface area contributed by atoms with Crippen LogP contribution in [0.3, 0.4) is 0 Å². The summed E-state index contributed by atoms with van der Waals surface area (Å²) in [5.41, 5.74) is 2.95. The van der Waals surface area contributed by atoms with Gasteiger partial charge in [-0.1, -0.05) is 26.0 Å². The highest BCUT2D eigenvalue weighted by Crippen LogP contribution is 2.29. The van der Waals surface area contributed by atoms with Gasteiger partial charge in [-0.05, 0) is 62.1 Å². The molecular formula is C23H28O5. The molecule has 0 amide bonds. The Morgan fingerprint density at radius 2 is 1.57 bits per heavy atom. The van der Waals surface area contributed by atoms with Crippen molar-refractivity contribution in [2.45, 2.75) is 40.7 Å². The molecule has 5 nitrogen and oxygen atoms in total. The molecule has 0 spiro atoms. The number of hydrogen-bond donors (Lipinski definition) is 0. The van der Waals surface area contributed by atoms with E-state index in [4.69, 9.17) is 14.2 Å². The molecule has 0 saturated carbocycles. The third-order valence-corrected chi connectivity index (χ3v) is 4.42. The van der Waals surface area contributed by atoms with Crippen molar-refractivity contribution in [3.63, 3.8) is 0 Å². The second-order valence-corrected chi connectivity index (χ2v) is 7.28. The molecule has 2 aromatic carbocycles. The number of hydrogen-bond acceptors (Lipinski definition) is 5. The Balaban J connectivity index is 2.10. The van der Waals surface area contributed by atoms with E-state index in [-0.39, 0.29) is 5.78 Å². The summed E-state index contributed by atoms with van der Waals surface area (Å²) in [6.45, 7) is 10.1. The fourth-order valence-corrected chi connectivity index (χ4v) is 2.58. The number of rotatable bonds is 8. The minimum Gasteiger partial charge on any atom is -0.493 e. The van der Waals surface area contributed by atoms with Gasteiger partial charge in [0, 0.05) is 5.56 Å². The number of ketones is 1. The van der Waals surface area contributed by atoms with E-state index in [1.807, 2.05) is 39.8 Å². The molecule has 0 unspecified atom stereocenters. The van der Waals surface area contributed by atoms with Gasteiger partial charge in [-0.15, -0.1) is 0 Å². The van der Waals surface area contributed by atoms with Crippen molar-refractivity contribution in [3.05, 3.63) is 58.7 Å². The number of benzene rings is 2. The Kier molecular flexibility index (Phi) is 7.21. The first kappa shape index (κ1) is 21.5. The maximum atomic E-state index is 12.6. The molecule has 0 fully saturated rings. The molecule has 5 heteroatoms. The minimum atomic E-state index is -0.891. The van der Waals surface area contributed by atoms with E-state index < -0.39 is 12.1 Å². The zero-order chi connectivity index (χ0) is 20.8. The van der Waals surface area contributed by atoms with Gasteiger partial charge in [0.1, 0.15) is 0 Å². The lowest BCUT2D eigenvalue weighted by molar-refractivity contribution is 0.0318. The van der Waals surface area contributed by atoms with Crippen molar-refractivity contribution in [1.82, 2.24) is 0 Å². The molecular weight excluding hydrogens is 356 g/mol. The van der Waals surface area contributed by atoms with Crippen molar-refractivity contribution in [2.75, 3.05) is 13.7 Å². The molecule has 0 radical (unpaired) electrons. The van der Waals surface area contributed by atoms with Crippen LogP contribution in [0.2, 0.25) is 0 Å². The predicted molar refractivity (Wildman–Crippen MR) is 108 cm³/mol. The van der Waals surface area contributed by atoms with E-state index in [0.717, 1.165) is 11.1 Å². The molecule has 0 bridgehead atoms. The number of aryl methyl sites for hydroxylation is 2. The summed E-state index contributed by atoms with van der Waals surface area (Å²) < 4.78 is 16.4. The summed E-state index contributed by atoms with van der Waals surface area (Å²) in [5, 5.41) is 0. The van der Waals surface area contributed by atoms with Gasteiger partial charge in [0.15, 0.2) is 17.6 Å². The number of esters is 1. The summed E-state index contributed by atoms with van der Waals surface area (Å²) in [4.78, 5) is 25.1. The highest BCUT2D eigenvalue weighted by atomic mass is 16.5. The Morgan fingerprint density at radius 1 is 0.893 bits per heavy atom. The van der Waals surface area contributed by atoms with Gasteiger partial charge in [0.25, 0.3) is 0 Å². The van der Waals surface area contributed by atoms with E-state index in [9.17, 15) is 9.59 Å². The SMILES string of the molecule is COc1cc(C(=O)O[C@H](C)C(=O)c2ccc(C)c(C)c2)ccc1OCC(C)C. The Bertz CT molecular complexity index is 854. The first-order valence-electron chi connectivity index (χ1n) is 9.36. The van der Waals surface area contributed by atoms with Crippen LogP contribution in [-0.2, 0) is 4.74 Å². The van der Waals surface area contributed by atoms with Crippen LogP contribution in [0.15, 0.2) is 36.4 Å². The fourth-order valence-electron chi connectivity index (χ4n) is 2.58. The maximum Gasteiger partial charge on any atom is 0.338 e. The monoisotopic (exact) mass is 384 g/mol. The number of ether oxygens (including phenoxy) is 3. The van der Waals surface area contributed by atoms with Crippen LogP contribution in [0.5, 0.6) is 11.5 Å². The molecule has 0 aromatic heterocycles. The molecule has 0 aliphatic heterocycles. The summed E-state index contributed by atoms with van der Waals surface area (Å²) in [7, 11) is 1.51. The molecule has 150 valence electrons. The van der Waals surface area contributed by atoms with Crippen molar-refractivity contribution in [2.24, 2.45) is 5.92 Å². The van der Waals surface area contributed by atoms with Gasteiger partial charge in [0.05, 0.1) is 19.3 Å². The van der Waals surface area contributed by atoms with Crippen molar-refractivity contribution < 1.29 is 23.8 Å². The van der Waals surface area contributed by atoms with Gasteiger partial charge in [-0.25, -0.2) is 4.79 Å². The molecule has 2 rings (SSSR count). The van der Waals surface area contributed by atoms with Gasteiger partial charge >= 0.3 is 5.97 Å². The van der Waals surface area contributed by atoms with E-state index in [1.165, 1.54) is 7.11 Å². The van der Waals surface area contributed by atoms with Gasteiger partial charge in [-0.2, -0.15) is 0 Å². The number of methoxy groups -OCH3 is 1. The van der Waals surface area contributed by atoms with Gasteiger partial charge in [0.2, 0.25) is 5.78 Å². The van der Waals surface area contributed by atoms with E-state index >= 15 is 0 Å². The highest BCUT2D eigenvalue weighted by Gasteiger charge is 2.21. The van der Waals surface area contributed by atoms with Gasteiger partial charge in [-0.3, -0.25) is 4.79 Å². The third-order valence-electron chi connectivity index (χ3n) is 4.42. The first-order chi connectivity index (χ1) is 13.2. The largest absolute Gasteiger partial charge is 0.493 e. The van der Waals surface area contributed by atoms with Gasteiger partial charge < -0.3 is 14.2 Å². The average molecular weight is 384 g/mol. The standard InChI is InChI=1S/C23H28O5/c1-14(2)13-27-20-10-9-19(12-21(20)26-6)23(25)28-17(5)22(24)18-8-7-15(3)16(4)11-18/h7-12,14,17H,13H2,1-6H3/t17-/m1/s1. The summed E-state index contributed by atoms with van der Waals surface area (Å²) >= 11 is 0. The predicted octanol–water partition coefficient (Wildman–Crippen LogP) is 4.78. The lowest BCUT2D eigenvalue weighted by Crippen LogP contribution is -2.24. The van der Waals surface area contributed by atoms with Crippen LogP contribution in [0, 0.1) is 19.8 Å². The fraction of sp³-hybridized carbons (Fsp3) is 0.391. The molecule has 0 heterocycles.